The minimum Gasteiger partial charge on any atom is -0.286 e. The Labute approximate surface area is 119 Å². The summed E-state index contributed by atoms with van der Waals surface area (Å²) in [6.45, 7) is 0.0139. The van der Waals surface area contributed by atoms with Gasteiger partial charge in [-0.1, -0.05) is 0 Å². The van der Waals surface area contributed by atoms with Gasteiger partial charge < -0.3 is 0 Å². The normalized spacial score (nSPS) is 16.0. The highest BCUT2D eigenvalue weighted by Gasteiger charge is 2.28. The monoisotopic (exact) mass is 317 g/mol. The quantitative estimate of drug-likeness (QED) is 0.761. The summed E-state index contributed by atoms with van der Waals surface area (Å²) >= 11 is 0. The minimum atomic E-state index is -4.28. The third-order valence-corrected chi connectivity index (χ3v) is 3.62. The molecular formula is C11H12FN3O5S. The van der Waals surface area contributed by atoms with Gasteiger partial charge in [-0.3, -0.25) is 19.6 Å². The van der Waals surface area contributed by atoms with Crippen molar-refractivity contribution < 1.29 is 27.0 Å². The highest BCUT2D eigenvalue weighted by atomic mass is 32.2. The number of nitrogens with one attached hydrogen (secondary N) is 1. The summed E-state index contributed by atoms with van der Waals surface area (Å²) < 4.78 is 44.2. The van der Waals surface area contributed by atoms with Crippen LogP contribution in [0.3, 0.4) is 0 Å². The molecule has 2 N–H and O–H groups in total. The molecule has 0 aliphatic carbocycles. The van der Waals surface area contributed by atoms with Crippen LogP contribution in [0.2, 0.25) is 0 Å². The second kappa shape index (κ2) is 5.74. The molecule has 1 aromatic heterocycles. The first-order chi connectivity index (χ1) is 9.78. The number of hydrogen-bond donors (Lipinski definition) is 2. The summed E-state index contributed by atoms with van der Waals surface area (Å²) in [7, 11) is -4.28. The van der Waals surface area contributed by atoms with Crippen LogP contribution < -0.4 is 10.2 Å². The molecular weight excluding hydrogens is 305 g/mol. The van der Waals surface area contributed by atoms with Crippen LogP contribution in [-0.4, -0.2) is 42.2 Å². The van der Waals surface area contributed by atoms with Crippen LogP contribution in [0.5, 0.6) is 0 Å². The molecule has 114 valence electrons. The molecule has 2 heterocycles. The van der Waals surface area contributed by atoms with Crippen molar-refractivity contribution in [2.75, 3.05) is 17.2 Å². The van der Waals surface area contributed by atoms with Gasteiger partial charge in [-0.25, -0.2) is 14.2 Å². The molecule has 0 aromatic carbocycles. The average Bonchev–Trinajstić information content (AvgIpc) is 2.36. The lowest BCUT2D eigenvalue weighted by Crippen LogP contribution is -2.50. The first-order valence-corrected chi connectivity index (χ1v) is 7.59. The number of imide groups is 1. The first-order valence-electron chi connectivity index (χ1n) is 5.98. The van der Waals surface area contributed by atoms with Crippen molar-refractivity contribution in [1.82, 2.24) is 10.3 Å². The van der Waals surface area contributed by atoms with E-state index < -0.39 is 33.6 Å². The third-order valence-electron chi connectivity index (χ3n) is 2.90. The molecule has 0 saturated carbocycles. The van der Waals surface area contributed by atoms with E-state index in [1.54, 1.807) is 0 Å². The summed E-state index contributed by atoms with van der Waals surface area (Å²) in [5, 5.41) is 2.06. The number of anilines is 1. The van der Waals surface area contributed by atoms with E-state index in [-0.39, 0.29) is 30.8 Å². The second-order valence-electron chi connectivity index (χ2n) is 4.39. The van der Waals surface area contributed by atoms with Crippen molar-refractivity contribution in [3.63, 3.8) is 0 Å². The molecule has 1 aliphatic heterocycles. The highest BCUT2D eigenvalue weighted by Crippen LogP contribution is 2.23. The zero-order chi connectivity index (χ0) is 15.6. The Morgan fingerprint density at radius 3 is 2.76 bits per heavy atom. The van der Waals surface area contributed by atoms with E-state index in [9.17, 15) is 22.4 Å². The van der Waals surface area contributed by atoms with Crippen molar-refractivity contribution >= 4 is 27.9 Å². The minimum absolute atomic E-state index is 0.0139. The lowest BCUT2D eigenvalue weighted by Gasteiger charge is -2.27. The molecule has 8 nitrogen and oxygen atoms in total. The largest absolute Gasteiger partial charge is 0.329 e. The van der Waals surface area contributed by atoms with Crippen molar-refractivity contribution in [3.05, 3.63) is 23.6 Å². The number of nitrogens with zero attached hydrogens (tertiary/aromatic N) is 2. The summed E-state index contributed by atoms with van der Waals surface area (Å²) in [4.78, 5) is 27.8. The Hall–Kier alpha value is -2.07. The van der Waals surface area contributed by atoms with Gasteiger partial charge >= 0.3 is 6.03 Å². The van der Waals surface area contributed by atoms with Crippen molar-refractivity contribution in [3.8, 4) is 0 Å². The van der Waals surface area contributed by atoms with Crippen LogP contribution in [0.25, 0.3) is 0 Å². The summed E-state index contributed by atoms with van der Waals surface area (Å²) in [5.41, 5.74) is -0.111. The Kier molecular flexibility index (Phi) is 4.19. The van der Waals surface area contributed by atoms with E-state index in [1.807, 2.05) is 0 Å². The summed E-state index contributed by atoms with van der Waals surface area (Å²) in [6.07, 6.45) is 0.818. The zero-order valence-corrected chi connectivity index (χ0v) is 11.6. The molecule has 0 atom stereocenters. The van der Waals surface area contributed by atoms with Gasteiger partial charge in [-0.05, 0) is 12.5 Å². The standard InChI is InChI=1S/C11H12FN3O5S/c12-8-1-4-13-10(7(8)3-6-21(18,19)20)15-5-2-9(16)14-11(15)17/h1,4H,2-3,5-6H2,(H,14,16,17)(H,18,19,20). The fraction of sp³-hybridized carbons (Fsp3) is 0.364. The molecule has 1 aliphatic rings. The van der Waals surface area contributed by atoms with Gasteiger partial charge in [0.05, 0.1) is 5.75 Å². The molecule has 3 amide bonds. The SMILES string of the molecule is O=C1CCN(c2nccc(F)c2CCS(=O)(=O)O)C(=O)N1. The van der Waals surface area contributed by atoms with E-state index in [4.69, 9.17) is 4.55 Å². The van der Waals surface area contributed by atoms with Crippen molar-refractivity contribution in [2.24, 2.45) is 0 Å². The average molecular weight is 317 g/mol. The fourth-order valence-corrected chi connectivity index (χ4v) is 2.38. The molecule has 1 aromatic rings. The van der Waals surface area contributed by atoms with Gasteiger partial charge in [0, 0.05) is 24.7 Å². The molecule has 1 fully saturated rings. The number of urea groups is 1. The number of amides is 3. The lowest BCUT2D eigenvalue weighted by molar-refractivity contribution is -0.120. The molecule has 1 saturated heterocycles. The highest BCUT2D eigenvalue weighted by molar-refractivity contribution is 7.85. The van der Waals surface area contributed by atoms with Crippen molar-refractivity contribution in [2.45, 2.75) is 12.8 Å². The topological polar surface area (TPSA) is 117 Å². The summed E-state index contributed by atoms with van der Waals surface area (Å²) in [5.74, 6) is -1.96. The molecule has 0 radical (unpaired) electrons. The van der Waals surface area contributed by atoms with Gasteiger partial charge in [0.2, 0.25) is 5.91 Å². The molecule has 2 rings (SSSR count). The number of pyridine rings is 1. The van der Waals surface area contributed by atoms with E-state index in [0.29, 0.717) is 0 Å². The van der Waals surface area contributed by atoms with Crippen LogP contribution >= 0.6 is 0 Å². The van der Waals surface area contributed by atoms with Gasteiger partial charge in [-0.15, -0.1) is 0 Å². The van der Waals surface area contributed by atoms with Crippen LogP contribution in [0.15, 0.2) is 12.3 Å². The molecule has 0 unspecified atom stereocenters. The Morgan fingerprint density at radius 2 is 2.14 bits per heavy atom. The fourth-order valence-electron chi connectivity index (χ4n) is 1.92. The number of carbonyl (C=O) groups is 2. The van der Waals surface area contributed by atoms with Crippen LogP contribution in [0.1, 0.15) is 12.0 Å². The maximum absolute atomic E-state index is 13.8. The number of aromatic nitrogens is 1. The van der Waals surface area contributed by atoms with E-state index in [1.165, 1.54) is 0 Å². The van der Waals surface area contributed by atoms with Crippen LogP contribution in [0, 0.1) is 5.82 Å². The van der Waals surface area contributed by atoms with Crippen LogP contribution in [0.4, 0.5) is 15.0 Å². The van der Waals surface area contributed by atoms with Gasteiger partial charge in [0.15, 0.2) is 0 Å². The number of carbonyl (C=O) groups excluding carboxylic acids is 2. The van der Waals surface area contributed by atoms with E-state index >= 15 is 0 Å². The molecule has 21 heavy (non-hydrogen) atoms. The summed E-state index contributed by atoms with van der Waals surface area (Å²) in [6, 6.07) is 0.271. The maximum atomic E-state index is 13.8. The maximum Gasteiger partial charge on any atom is 0.329 e. The van der Waals surface area contributed by atoms with Crippen molar-refractivity contribution in [1.29, 1.82) is 0 Å². The predicted octanol–water partition coefficient (Wildman–Crippen LogP) is 0.0973. The first kappa shape index (κ1) is 15.3. The smallest absolute Gasteiger partial charge is 0.286 e. The lowest BCUT2D eigenvalue weighted by atomic mass is 10.1. The Bertz CT molecular complexity index is 691. The molecule has 10 heteroatoms. The number of halogens is 1. The van der Waals surface area contributed by atoms with Gasteiger partial charge in [0.1, 0.15) is 11.6 Å². The second-order valence-corrected chi connectivity index (χ2v) is 5.96. The number of rotatable bonds is 4. The van der Waals surface area contributed by atoms with Crippen LogP contribution in [-0.2, 0) is 21.3 Å². The van der Waals surface area contributed by atoms with E-state index in [2.05, 4.69) is 10.3 Å². The Balaban J connectivity index is 2.33. The molecule has 0 spiro atoms. The van der Waals surface area contributed by atoms with E-state index in [0.717, 1.165) is 17.2 Å². The predicted molar refractivity (Wildman–Crippen MR) is 69.8 cm³/mol. The van der Waals surface area contributed by atoms with Gasteiger partial charge in [-0.2, -0.15) is 8.42 Å². The zero-order valence-electron chi connectivity index (χ0n) is 10.7. The Morgan fingerprint density at radius 1 is 1.43 bits per heavy atom. The number of hydrogen-bond acceptors (Lipinski definition) is 5. The van der Waals surface area contributed by atoms with Gasteiger partial charge in [0.25, 0.3) is 10.1 Å². The third kappa shape index (κ3) is 3.73. The molecule has 0 bridgehead atoms.